The van der Waals surface area contributed by atoms with Crippen LogP contribution in [0.1, 0.15) is 38.2 Å². The predicted molar refractivity (Wildman–Crippen MR) is 71.1 cm³/mol. The van der Waals surface area contributed by atoms with Gasteiger partial charge in [-0.15, -0.1) is 0 Å². The number of nitrogens with two attached hydrogens (primary N) is 1. The molecule has 0 unspecified atom stereocenters. The van der Waals surface area contributed by atoms with Gasteiger partial charge in [-0.25, -0.2) is 0 Å². The molecule has 1 fully saturated rings. The van der Waals surface area contributed by atoms with Crippen LogP contribution in [0.2, 0.25) is 0 Å². The SMILES string of the molecule is CCOc1ccc(N)cc1CNC1CCCC1. The predicted octanol–water partition coefficient (Wildman–Crippen LogP) is 2.70. The van der Waals surface area contributed by atoms with E-state index in [0.717, 1.165) is 18.0 Å². The summed E-state index contributed by atoms with van der Waals surface area (Å²) in [6, 6.07) is 6.53. The number of hydrogen-bond donors (Lipinski definition) is 2. The van der Waals surface area contributed by atoms with E-state index in [1.807, 2.05) is 25.1 Å². The van der Waals surface area contributed by atoms with Gasteiger partial charge in [0.25, 0.3) is 0 Å². The molecule has 1 aliphatic carbocycles. The lowest BCUT2D eigenvalue weighted by atomic mass is 10.1. The average molecular weight is 234 g/mol. The molecule has 1 aromatic carbocycles. The van der Waals surface area contributed by atoms with Crippen molar-refractivity contribution in [1.82, 2.24) is 5.32 Å². The highest BCUT2D eigenvalue weighted by Gasteiger charge is 2.14. The molecule has 3 N–H and O–H groups in total. The minimum atomic E-state index is 0.672. The molecule has 0 heterocycles. The molecule has 0 saturated heterocycles. The van der Waals surface area contributed by atoms with Crippen molar-refractivity contribution >= 4 is 5.69 Å². The fraction of sp³-hybridized carbons (Fsp3) is 0.571. The van der Waals surface area contributed by atoms with Gasteiger partial charge in [0.15, 0.2) is 0 Å². The van der Waals surface area contributed by atoms with Gasteiger partial charge in [-0.1, -0.05) is 12.8 Å². The molecule has 0 radical (unpaired) electrons. The van der Waals surface area contributed by atoms with Crippen LogP contribution in [0.15, 0.2) is 18.2 Å². The zero-order chi connectivity index (χ0) is 12.1. The Labute approximate surface area is 103 Å². The lowest BCUT2D eigenvalue weighted by Crippen LogP contribution is -2.25. The van der Waals surface area contributed by atoms with Crippen molar-refractivity contribution in [3.05, 3.63) is 23.8 Å². The van der Waals surface area contributed by atoms with Gasteiger partial charge in [-0.3, -0.25) is 0 Å². The fourth-order valence-electron chi connectivity index (χ4n) is 2.42. The van der Waals surface area contributed by atoms with Crippen molar-refractivity contribution in [2.75, 3.05) is 12.3 Å². The van der Waals surface area contributed by atoms with Crippen LogP contribution >= 0.6 is 0 Å². The molecule has 94 valence electrons. The number of nitrogen functional groups attached to an aromatic ring is 1. The number of anilines is 1. The van der Waals surface area contributed by atoms with Crippen molar-refractivity contribution in [3.8, 4) is 5.75 Å². The molecule has 3 heteroatoms. The largest absolute Gasteiger partial charge is 0.494 e. The number of ether oxygens (including phenoxy) is 1. The van der Waals surface area contributed by atoms with Gasteiger partial charge in [0.05, 0.1) is 6.61 Å². The Morgan fingerprint density at radius 3 is 2.82 bits per heavy atom. The van der Waals surface area contributed by atoms with Gasteiger partial charge in [0.2, 0.25) is 0 Å². The first kappa shape index (κ1) is 12.2. The maximum Gasteiger partial charge on any atom is 0.123 e. The standard InChI is InChI=1S/C14H22N2O/c1-2-17-14-8-7-12(15)9-11(14)10-16-13-5-3-4-6-13/h7-9,13,16H,2-6,10,15H2,1H3. The molecule has 3 nitrogen and oxygen atoms in total. The van der Waals surface area contributed by atoms with Gasteiger partial charge in [0, 0.05) is 23.8 Å². The van der Waals surface area contributed by atoms with Gasteiger partial charge in [-0.05, 0) is 38.0 Å². The molecular formula is C14H22N2O. The van der Waals surface area contributed by atoms with E-state index in [4.69, 9.17) is 10.5 Å². The van der Waals surface area contributed by atoms with E-state index in [1.165, 1.54) is 31.2 Å². The maximum absolute atomic E-state index is 5.82. The number of rotatable bonds is 5. The molecule has 1 aliphatic rings. The van der Waals surface area contributed by atoms with Crippen LogP contribution in [0.25, 0.3) is 0 Å². The summed E-state index contributed by atoms with van der Waals surface area (Å²) in [5, 5.41) is 3.59. The summed E-state index contributed by atoms with van der Waals surface area (Å²) in [7, 11) is 0. The quantitative estimate of drug-likeness (QED) is 0.770. The Morgan fingerprint density at radius 2 is 2.12 bits per heavy atom. The summed E-state index contributed by atoms with van der Waals surface area (Å²) in [5.41, 5.74) is 7.79. The van der Waals surface area contributed by atoms with Crippen LogP contribution in [-0.2, 0) is 6.54 Å². The van der Waals surface area contributed by atoms with E-state index in [2.05, 4.69) is 5.32 Å². The van der Waals surface area contributed by atoms with Gasteiger partial charge < -0.3 is 15.8 Å². The Balaban J connectivity index is 1.99. The summed E-state index contributed by atoms with van der Waals surface area (Å²) >= 11 is 0. The molecule has 0 spiro atoms. The molecule has 17 heavy (non-hydrogen) atoms. The molecule has 1 aromatic rings. The van der Waals surface area contributed by atoms with Crippen molar-refractivity contribution in [2.45, 2.75) is 45.2 Å². The normalized spacial score (nSPS) is 16.3. The summed E-state index contributed by atoms with van der Waals surface area (Å²) in [4.78, 5) is 0. The molecule has 0 aromatic heterocycles. The first-order valence-corrected chi connectivity index (χ1v) is 6.54. The van der Waals surface area contributed by atoms with E-state index in [9.17, 15) is 0 Å². The minimum Gasteiger partial charge on any atom is -0.494 e. The second-order valence-electron chi connectivity index (χ2n) is 4.66. The van der Waals surface area contributed by atoms with E-state index >= 15 is 0 Å². The second kappa shape index (κ2) is 5.92. The van der Waals surface area contributed by atoms with Crippen LogP contribution in [0.5, 0.6) is 5.75 Å². The zero-order valence-electron chi connectivity index (χ0n) is 10.5. The molecule has 0 amide bonds. The summed E-state index contributed by atoms with van der Waals surface area (Å²) in [6.07, 6.45) is 5.30. The summed E-state index contributed by atoms with van der Waals surface area (Å²) < 4.78 is 5.61. The average Bonchev–Trinajstić information content (AvgIpc) is 2.82. The highest BCUT2D eigenvalue weighted by Crippen LogP contribution is 2.23. The first-order valence-electron chi connectivity index (χ1n) is 6.54. The number of hydrogen-bond acceptors (Lipinski definition) is 3. The third-order valence-corrected chi connectivity index (χ3v) is 3.32. The first-order chi connectivity index (χ1) is 8.29. The third kappa shape index (κ3) is 3.37. The second-order valence-corrected chi connectivity index (χ2v) is 4.66. The number of benzene rings is 1. The Morgan fingerprint density at radius 1 is 1.35 bits per heavy atom. The minimum absolute atomic E-state index is 0.672. The van der Waals surface area contributed by atoms with E-state index in [-0.39, 0.29) is 0 Å². The highest BCUT2D eigenvalue weighted by molar-refractivity contribution is 5.47. The monoisotopic (exact) mass is 234 g/mol. The van der Waals surface area contributed by atoms with Crippen LogP contribution in [0, 0.1) is 0 Å². The molecule has 0 aliphatic heterocycles. The Kier molecular flexibility index (Phi) is 4.26. The van der Waals surface area contributed by atoms with Gasteiger partial charge >= 0.3 is 0 Å². The molecule has 2 rings (SSSR count). The smallest absolute Gasteiger partial charge is 0.123 e. The highest BCUT2D eigenvalue weighted by atomic mass is 16.5. The van der Waals surface area contributed by atoms with Crippen LogP contribution in [0.4, 0.5) is 5.69 Å². The molecule has 0 bridgehead atoms. The van der Waals surface area contributed by atoms with Crippen molar-refractivity contribution in [1.29, 1.82) is 0 Å². The Hall–Kier alpha value is -1.22. The maximum atomic E-state index is 5.82. The summed E-state index contributed by atoms with van der Waals surface area (Å²) in [5.74, 6) is 0.951. The van der Waals surface area contributed by atoms with E-state index in [1.54, 1.807) is 0 Å². The lowest BCUT2D eigenvalue weighted by Gasteiger charge is -2.15. The van der Waals surface area contributed by atoms with Gasteiger partial charge in [0.1, 0.15) is 5.75 Å². The summed E-state index contributed by atoms with van der Waals surface area (Å²) in [6.45, 7) is 3.55. The third-order valence-electron chi connectivity index (χ3n) is 3.32. The molecular weight excluding hydrogens is 212 g/mol. The van der Waals surface area contributed by atoms with E-state index < -0.39 is 0 Å². The van der Waals surface area contributed by atoms with Crippen molar-refractivity contribution < 1.29 is 4.74 Å². The lowest BCUT2D eigenvalue weighted by molar-refractivity contribution is 0.334. The molecule has 1 saturated carbocycles. The van der Waals surface area contributed by atoms with Crippen molar-refractivity contribution in [2.24, 2.45) is 0 Å². The topological polar surface area (TPSA) is 47.3 Å². The molecule has 0 atom stereocenters. The van der Waals surface area contributed by atoms with Crippen LogP contribution in [-0.4, -0.2) is 12.6 Å². The van der Waals surface area contributed by atoms with Crippen LogP contribution in [0.3, 0.4) is 0 Å². The number of nitrogens with one attached hydrogen (secondary N) is 1. The Bertz CT molecular complexity index is 359. The zero-order valence-corrected chi connectivity index (χ0v) is 10.5. The van der Waals surface area contributed by atoms with Gasteiger partial charge in [-0.2, -0.15) is 0 Å². The van der Waals surface area contributed by atoms with Crippen molar-refractivity contribution in [3.63, 3.8) is 0 Å². The van der Waals surface area contributed by atoms with E-state index in [0.29, 0.717) is 12.6 Å². The van der Waals surface area contributed by atoms with Crippen LogP contribution < -0.4 is 15.8 Å². The fourth-order valence-corrected chi connectivity index (χ4v) is 2.42.